The van der Waals surface area contributed by atoms with Gasteiger partial charge in [-0.3, -0.25) is 0 Å². The van der Waals surface area contributed by atoms with Crippen LogP contribution in [0.4, 0.5) is 5.82 Å². The van der Waals surface area contributed by atoms with Gasteiger partial charge in [0.1, 0.15) is 5.69 Å². The smallest absolute Gasteiger partial charge is 0.169 e. The summed E-state index contributed by atoms with van der Waals surface area (Å²) >= 11 is 0. The minimum Gasteiger partial charge on any atom is -0.381 e. The van der Waals surface area contributed by atoms with Crippen molar-refractivity contribution in [2.45, 2.75) is 26.3 Å². The van der Waals surface area contributed by atoms with E-state index >= 15 is 0 Å². The van der Waals surface area contributed by atoms with Gasteiger partial charge in [0.15, 0.2) is 11.6 Å². The zero-order chi connectivity index (χ0) is 14.8. The summed E-state index contributed by atoms with van der Waals surface area (Å²) in [5, 5.41) is 12.1. The van der Waals surface area contributed by atoms with Crippen molar-refractivity contribution in [2.24, 2.45) is 0 Å². The number of nitrogen functional groups attached to an aromatic ring is 1. The van der Waals surface area contributed by atoms with Crippen LogP contribution in [0.5, 0.6) is 0 Å². The Hall–Kier alpha value is -2.63. The fraction of sp³-hybridized carbons (Fsp3) is 0.267. The quantitative estimate of drug-likeness (QED) is 0.796. The average Bonchev–Trinajstić information content (AvgIpc) is 3.07. The number of anilines is 1. The van der Waals surface area contributed by atoms with E-state index < -0.39 is 0 Å². The molecule has 0 spiro atoms. The van der Waals surface area contributed by atoms with Crippen molar-refractivity contribution in [3.8, 4) is 11.3 Å². The van der Waals surface area contributed by atoms with E-state index in [0.717, 1.165) is 22.7 Å². The molecule has 2 N–H and O–H groups in total. The first-order chi connectivity index (χ1) is 10.1. The number of rotatable bonds is 4. The van der Waals surface area contributed by atoms with E-state index in [1.54, 1.807) is 4.68 Å². The Balaban J connectivity index is 1.85. The van der Waals surface area contributed by atoms with Crippen LogP contribution in [0.25, 0.3) is 11.3 Å². The summed E-state index contributed by atoms with van der Waals surface area (Å²) in [5.41, 5.74) is 8.56. The van der Waals surface area contributed by atoms with E-state index in [1.807, 2.05) is 36.4 Å². The Labute approximate surface area is 122 Å². The molecule has 0 amide bonds. The summed E-state index contributed by atoms with van der Waals surface area (Å²) in [6, 6.07) is 11.8. The Morgan fingerprint density at radius 3 is 2.71 bits per heavy atom. The van der Waals surface area contributed by atoms with Crippen molar-refractivity contribution < 1.29 is 4.52 Å². The first-order valence-electron chi connectivity index (χ1n) is 6.85. The predicted octanol–water partition coefficient (Wildman–Crippen LogP) is 2.69. The van der Waals surface area contributed by atoms with E-state index in [0.29, 0.717) is 12.4 Å². The Kier molecular flexibility index (Phi) is 3.43. The lowest BCUT2D eigenvalue weighted by atomic mass is 10.1. The number of nitrogens with zero attached hydrogens (tertiary/aromatic N) is 4. The topological polar surface area (TPSA) is 82.8 Å². The zero-order valence-corrected chi connectivity index (χ0v) is 12.0. The fourth-order valence-corrected chi connectivity index (χ4v) is 2.32. The average molecular weight is 283 g/mol. The van der Waals surface area contributed by atoms with Gasteiger partial charge in [0.2, 0.25) is 0 Å². The van der Waals surface area contributed by atoms with Crippen LogP contribution in [-0.2, 0) is 6.54 Å². The standard InChI is InChI=1S/C15H17N5O/c1-10(2)14-15(16)17-19-20(14)9-12-8-13(21-18-12)11-6-4-3-5-7-11/h3-8,10H,9,16H2,1-2H3. The maximum Gasteiger partial charge on any atom is 0.169 e. The maximum absolute atomic E-state index is 5.85. The van der Waals surface area contributed by atoms with Gasteiger partial charge < -0.3 is 10.3 Å². The van der Waals surface area contributed by atoms with Crippen LogP contribution < -0.4 is 5.73 Å². The molecule has 0 radical (unpaired) electrons. The SMILES string of the molecule is CC(C)c1c(N)nnn1Cc1cc(-c2ccccc2)on1. The number of nitrogens with two attached hydrogens (primary N) is 1. The summed E-state index contributed by atoms with van der Waals surface area (Å²) in [6.07, 6.45) is 0. The van der Waals surface area contributed by atoms with Crippen molar-refractivity contribution in [3.05, 3.63) is 47.8 Å². The van der Waals surface area contributed by atoms with Crippen LogP contribution in [0.2, 0.25) is 0 Å². The summed E-state index contributed by atoms with van der Waals surface area (Å²) in [6.45, 7) is 4.61. The molecule has 0 aliphatic rings. The molecule has 0 atom stereocenters. The minimum atomic E-state index is 0.250. The van der Waals surface area contributed by atoms with Crippen LogP contribution in [0.15, 0.2) is 40.9 Å². The molecule has 0 saturated carbocycles. The third-order valence-corrected chi connectivity index (χ3v) is 3.28. The predicted molar refractivity (Wildman–Crippen MR) is 79.6 cm³/mol. The largest absolute Gasteiger partial charge is 0.381 e. The highest BCUT2D eigenvalue weighted by Crippen LogP contribution is 2.22. The van der Waals surface area contributed by atoms with Gasteiger partial charge in [-0.25, -0.2) is 4.68 Å². The summed E-state index contributed by atoms with van der Waals surface area (Å²) < 4.78 is 7.16. The lowest BCUT2D eigenvalue weighted by Gasteiger charge is -2.07. The number of benzene rings is 1. The first-order valence-corrected chi connectivity index (χ1v) is 6.85. The van der Waals surface area contributed by atoms with Crippen molar-refractivity contribution in [1.82, 2.24) is 20.2 Å². The van der Waals surface area contributed by atoms with Gasteiger partial charge in [-0.15, -0.1) is 5.10 Å². The van der Waals surface area contributed by atoms with E-state index in [9.17, 15) is 0 Å². The van der Waals surface area contributed by atoms with Crippen molar-refractivity contribution >= 4 is 5.82 Å². The number of hydrogen-bond acceptors (Lipinski definition) is 5. The first kappa shape index (κ1) is 13.4. The molecule has 0 saturated heterocycles. The molecular formula is C15H17N5O. The van der Waals surface area contributed by atoms with E-state index in [2.05, 4.69) is 29.3 Å². The molecule has 0 fully saturated rings. The summed E-state index contributed by atoms with van der Waals surface area (Å²) in [7, 11) is 0. The van der Waals surface area contributed by atoms with E-state index in [-0.39, 0.29) is 5.92 Å². The van der Waals surface area contributed by atoms with Gasteiger partial charge in [-0.2, -0.15) is 0 Å². The molecule has 21 heavy (non-hydrogen) atoms. The molecule has 0 aliphatic heterocycles. The van der Waals surface area contributed by atoms with Crippen LogP contribution >= 0.6 is 0 Å². The lowest BCUT2D eigenvalue weighted by molar-refractivity contribution is 0.417. The third kappa shape index (κ3) is 2.65. The van der Waals surface area contributed by atoms with Gasteiger partial charge in [0, 0.05) is 11.6 Å². The molecule has 0 unspecified atom stereocenters. The monoisotopic (exact) mass is 283 g/mol. The Bertz CT molecular complexity index is 730. The second-order valence-corrected chi connectivity index (χ2v) is 5.22. The molecule has 108 valence electrons. The molecule has 0 bridgehead atoms. The van der Waals surface area contributed by atoms with Crippen molar-refractivity contribution in [1.29, 1.82) is 0 Å². The molecule has 2 aromatic heterocycles. The van der Waals surface area contributed by atoms with Crippen LogP contribution in [0.1, 0.15) is 31.2 Å². The Morgan fingerprint density at radius 2 is 2.00 bits per heavy atom. The van der Waals surface area contributed by atoms with Crippen molar-refractivity contribution in [3.63, 3.8) is 0 Å². The molecule has 1 aromatic carbocycles. The fourth-order valence-electron chi connectivity index (χ4n) is 2.32. The number of hydrogen-bond donors (Lipinski definition) is 1. The van der Waals surface area contributed by atoms with Gasteiger partial charge in [0.05, 0.1) is 12.2 Å². The molecule has 3 rings (SSSR count). The van der Waals surface area contributed by atoms with Gasteiger partial charge in [-0.05, 0) is 5.92 Å². The Morgan fingerprint density at radius 1 is 1.24 bits per heavy atom. The second kappa shape index (κ2) is 5.40. The third-order valence-electron chi connectivity index (χ3n) is 3.28. The minimum absolute atomic E-state index is 0.250. The molecular weight excluding hydrogens is 266 g/mol. The van der Waals surface area contributed by atoms with Crippen molar-refractivity contribution in [2.75, 3.05) is 5.73 Å². The number of aromatic nitrogens is 4. The van der Waals surface area contributed by atoms with Crippen LogP contribution in [-0.4, -0.2) is 20.2 Å². The van der Waals surface area contributed by atoms with Crippen LogP contribution in [0.3, 0.4) is 0 Å². The molecule has 6 heteroatoms. The molecule has 2 heterocycles. The highest BCUT2D eigenvalue weighted by molar-refractivity contribution is 5.56. The molecule has 3 aromatic rings. The summed E-state index contributed by atoms with van der Waals surface area (Å²) in [5.74, 6) is 1.46. The lowest BCUT2D eigenvalue weighted by Crippen LogP contribution is -2.09. The van der Waals surface area contributed by atoms with E-state index in [1.165, 1.54) is 0 Å². The maximum atomic E-state index is 5.85. The molecule has 6 nitrogen and oxygen atoms in total. The second-order valence-electron chi connectivity index (χ2n) is 5.22. The molecule has 0 aliphatic carbocycles. The summed E-state index contributed by atoms with van der Waals surface area (Å²) in [4.78, 5) is 0. The normalized spacial score (nSPS) is 11.2. The van der Waals surface area contributed by atoms with E-state index in [4.69, 9.17) is 10.3 Å². The van der Waals surface area contributed by atoms with Crippen LogP contribution in [0, 0.1) is 0 Å². The highest BCUT2D eigenvalue weighted by atomic mass is 16.5. The highest BCUT2D eigenvalue weighted by Gasteiger charge is 2.15. The zero-order valence-electron chi connectivity index (χ0n) is 12.0. The van der Waals surface area contributed by atoms with Gasteiger partial charge in [0.25, 0.3) is 0 Å². The van der Waals surface area contributed by atoms with Gasteiger partial charge >= 0.3 is 0 Å². The van der Waals surface area contributed by atoms with Gasteiger partial charge in [-0.1, -0.05) is 54.5 Å².